The number of pyridine rings is 4. The summed E-state index contributed by atoms with van der Waals surface area (Å²) in [7, 11) is 0. The summed E-state index contributed by atoms with van der Waals surface area (Å²) in [6, 6.07) is 38.6. The van der Waals surface area contributed by atoms with Crippen molar-refractivity contribution in [3.05, 3.63) is 210 Å². The van der Waals surface area contributed by atoms with Gasteiger partial charge in [0.2, 0.25) is 5.91 Å². The van der Waals surface area contributed by atoms with Crippen LogP contribution in [-0.4, -0.2) is 161 Å². The number of nitrogens with zero attached hydrogens (tertiary/aromatic N) is 14. The average Bonchev–Trinajstić information content (AvgIpc) is 1.64. The Kier molecular flexibility index (Phi) is 19.8. The highest BCUT2D eigenvalue weighted by atomic mass is 35.5. The molecule has 1 amide bonds. The van der Waals surface area contributed by atoms with Crippen molar-refractivity contribution in [2.75, 3.05) is 90.5 Å². The van der Waals surface area contributed by atoms with Gasteiger partial charge < -0.3 is 34.1 Å². The molecule has 20 nitrogen and oxygen atoms in total. The summed E-state index contributed by atoms with van der Waals surface area (Å²) in [4.78, 5) is 34.3. The van der Waals surface area contributed by atoms with Crippen molar-refractivity contribution in [2.45, 2.75) is 76.2 Å². The first-order valence-electron chi connectivity index (χ1n) is 33.2. The number of carbonyl (C=O) groups excluding carboxylic acids is 1. The van der Waals surface area contributed by atoms with Gasteiger partial charge in [0.05, 0.1) is 113 Å². The largest absolute Gasteiger partial charge is 0.381 e. The third-order valence-corrected chi connectivity index (χ3v) is 18.9. The first-order valence-corrected chi connectivity index (χ1v) is 33.6. The van der Waals surface area contributed by atoms with Crippen molar-refractivity contribution in [3.63, 3.8) is 0 Å². The molecule has 0 saturated carbocycles. The van der Waals surface area contributed by atoms with Crippen LogP contribution in [-0.2, 0) is 23.7 Å². The molecule has 0 bridgehead atoms. The maximum absolute atomic E-state index is 13.3. The maximum Gasteiger partial charge on any atom is 0.247 e. The number of ether oxygens (including phenoxy) is 4. The third-order valence-electron chi connectivity index (χ3n) is 18.6. The number of amides is 1. The number of nitrogens with one attached hydrogen (secondary N) is 1. The van der Waals surface area contributed by atoms with Crippen molar-refractivity contribution in [3.8, 4) is 22.7 Å². The van der Waals surface area contributed by atoms with E-state index in [0.717, 1.165) is 150 Å². The second-order valence-corrected chi connectivity index (χ2v) is 25.3. The van der Waals surface area contributed by atoms with Crippen molar-refractivity contribution in [2.24, 2.45) is 0 Å². The molecule has 8 aromatic heterocycles. The van der Waals surface area contributed by atoms with E-state index in [-0.39, 0.29) is 11.7 Å². The Morgan fingerprint density at radius 3 is 1.28 bits per heavy atom. The number of benzene rings is 4. The number of rotatable bonds is 9. The molecule has 22 heteroatoms. The number of fused-ring (bicyclic) bond motifs is 4. The first-order chi connectivity index (χ1) is 47.2. The van der Waals surface area contributed by atoms with Gasteiger partial charge >= 0.3 is 0 Å². The van der Waals surface area contributed by atoms with Gasteiger partial charge in [0, 0.05) is 115 Å². The molecule has 1 unspecified atom stereocenters. The number of aryl methyl sites for hydroxylation is 2. The smallest absolute Gasteiger partial charge is 0.247 e. The Morgan fingerprint density at radius 2 is 0.823 bits per heavy atom. The molecule has 5 fully saturated rings. The number of carbonyl (C=O) groups is 1. The van der Waals surface area contributed by atoms with Crippen molar-refractivity contribution in [1.29, 1.82) is 0 Å². The summed E-state index contributed by atoms with van der Waals surface area (Å²) < 4.78 is 43.0. The van der Waals surface area contributed by atoms with Crippen LogP contribution in [0.2, 0.25) is 5.02 Å². The Hall–Kier alpha value is -9.35. The van der Waals surface area contributed by atoms with E-state index in [4.69, 9.17) is 50.9 Å². The van der Waals surface area contributed by atoms with Gasteiger partial charge in [-0.15, -0.1) is 5.10 Å². The fraction of sp³-hybridized carbons (Fsp3) is 0.338. The molecule has 0 spiro atoms. The van der Waals surface area contributed by atoms with Crippen LogP contribution in [0, 0.1) is 19.7 Å². The number of hydrogen-bond donors (Lipinski definition) is 1. The lowest BCUT2D eigenvalue weighted by atomic mass is 9.93. The summed E-state index contributed by atoms with van der Waals surface area (Å²) in [5.74, 6) is 2.02. The molecule has 0 aliphatic carbocycles. The molecule has 96 heavy (non-hydrogen) atoms. The van der Waals surface area contributed by atoms with Crippen molar-refractivity contribution in [1.82, 2.24) is 69.3 Å². The van der Waals surface area contributed by atoms with E-state index in [9.17, 15) is 9.18 Å². The van der Waals surface area contributed by atoms with E-state index in [1.807, 2.05) is 109 Å². The van der Waals surface area contributed by atoms with E-state index in [1.165, 1.54) is 45.4 Å². The molecule has 4 aromatic carbocycles. The number of piperidine rings is 1. The van der Waals surface area contributed by atoms with E-state index >= 15 is 0 Å². The Balaban J connectivity index is 0.000000111. The predicted molar refractivity (Wildman–Crippen MR) is 370 cm³/mol. The molecule has 0 radical (unpaired) electrons. The summed E-state index contributed by atoms with van der Waals surface area (Å²) >= 11 is 6.00. The van der Waals surface area contributed by atoms with Crippen LogP contribution in [0.3, 0.4) is 0 Å². The van der Waals surface area contributed by atoms with Crippen molar-refractivity contribution >= 4 is 66.9 Å². The number of halogens is 2. The predicted octanol–water partition coefficient (Wildman–Crippen LogP) is 12.4. The minimum absolute atomic E-state index is 0.0742. The number of morpholine rings is 2. The minimum Gasteiger partial charge on any atom is -0.381 e. The van der Waals surface area contributed by atoms with Gasteiger partial charge in [-0.05, 0) is 163 Å². The first kappa shape index (κ1) is 64.0. The van der Waals surface area contributed by atoms with Crippen molar-refractivity contribution < 1.29 is 28.1 Å². The Morgan fingerprint density at radius 1 is 0.448 bits per heavy atom. The number of aromatic nitrogens is 12. The van der Waals surface area contributed by atoms with E-state index in [2.05, 4.69) is 92.5 Å². The monoisotopic (exact) mass is 1310 g/mol. The van der Waals surface area contributed by atoms with Crippen LogP contribution < -0.4 is 10.2 Å². The van der Waals surface area contributed by atoms with Crippen LogP contribution in [0.25, 0.3) is 66.4 Å². The molecule has 13 heterocycles. The highest BCUT2D eigenvalue weighted by molar-refractivity contribution is 6.30. The zero-order valence-electron chi connectivity index (χ0n) is 54.0. The van der Waals surface area contributed by atoms with Gasteiger partial charge in [0.15, 0.2) is 5.82 Å². The second kappa shape index (κ2) is 29.7. The number of hydrogen-bond acceptors (Lipinski definition) is 15. The molecule has 5 aliphatic rings. The molecule has 17 rings (SSSR count). The fourth-order valence-corrected chi connectivity index (χ4v) is 13.6. The van der Waals surface area contributed by atoms with Crippen LogP contribution in [0.4, 0.5) is 10.2 Å². The normalized spacial score (nSPS) is 17.4. The maximum atomic E-state index is 13.3. The zero-order chi connectivity index (χ0) is 65.3. The molecular formula is C74H77ClFN15O5. The third kappa shape index (κ3) is 14.0. The molecule has 5 saturated heterocycles. The van der Waals surface area contributed by atoms with Crippen LogP contribution in [0.15, 0.2) is 171 Å². The quantitative estimate of drug-likeness (QED) is 0.143. The average molecular weight is 1310 g/mol. The Bertz CT molecular complexity index is 4250. The summed E-state index contributed by atoms with van der Waals surface area (Å²) in [5.41, 5.74) is 13.8. The lowest BCUT2D eigenvalue weighted by Gasteiger charge is -2.38. The topological polar surface area (TPSA) is 195 Å². The lowest BCUT2D eigenvalue weighted by Crippen LogP contribution is -2.57. The highest BCUT2D eigenvalue weighted by Crippen LogP contribution is 2.37. The van der Waals surface area contributed by atoms with E-state index < -0.39 is 6.04 Å². The highest BCUT2D eigenvalue weighted by Gasteiger charge is 2.36. The molecule has 5 aliphatic heterocycles. The van der Waals surface area contributed by atoms with Crippen LogP contribution in [0.1, 0.15) is 84.5 Å². The second-order valence-electron chi connectivity index (χ2n) is 24.8. The zero-order valence-corrected chi connectivity index (χ0v) is 54.7. The lowest BCUT2D eigenvalue weighted by molar-refractivity contribution is -0.139. The number of anilines is 1. The molecule has 12 aromatic rings. The SMILES string of the molecule is Cc1ccc(-n2nc(C3CCOCC3)c3ccncc32)cc1.Cc1ccc(-n2nc(N3CCOCC3C(=O)N3CCOCC3)c3ccncc32)cc1.Clc1ccc(-n2nc(C3CCNCC3)c3ccncc32)cc1.Fc1ccc(-n2nc(C3CCOCC3)c3ccncc32)cc1. The van der Waals surface area contributed by atoms with E-state index in [1.54, 1.807) is 24.5 Å². The van der Waals surface area contributed by atoms with Crippen LogP contribution >= 0.6 is 11.6 Å². The van der Waals surface area contributed by atoms with Crippen LogP contribution in [0.5, 0.6) is 0 Å². The minimum atomic E-state index is -0.394. The summed E-state index contributed by atoms with van der Waals surface area (Å²) in [6.45, 7) is 13.4. The summed E-state index contributed by atoms with van der Waals surface area (Å²) in [6.07, 6.45) is 21.0. The fourth-order valence-electron chi connectivity index (χ4n) is 13.4. The van der Waals surface area contributed by atoms with Gasteiger partial charge in [-0.2, -0.15) is 15.3 Å². The Labute approximate surface area is 560 Å². The van der Waals surface area contributed by atoms with Gasteiger partial charge in [-0.1, -0.05) is 47.0 Å². The van der Waals surface area contributed by atoms with Gasteiger partial charge in [-0.25, -0.2) is 23.1 Å². The molecule has 1 atom stereocenters. The molecular weight excluding hydrogens is 1230 g/mol. The molecule has 492 valence electrons. The van der Waals surface area contributed by atoms with Gasteiger partial charge in [-0.3, -0.25) is 24.7 Å². The van der Waals surface area contributed by atoms with Gasteiger partial charge in [0.1, 0.15) is 11.9 Å². The molecule has 1 N–H and O–H groups in total. The van der Waals surface area contributed by atoms with Gasteiger partial charge in [0.25, 0.3) is 0 Å². The van der Waals surface area contributed by atoms with E-state index in [0.29, 0.717) is 63.8 Å². The summed E-state index contributed by atoms with van der Waals surface area (Å²) in [5, 5.41) is 28.3. The standard InChI is InChI=1S/C22H25N5O3.C18H19N3O.C17H17ClN4.C17H16FN3O/c1-16-2-4-17(5-3-16)27-19-14-23-7-6-18(19)21(24-27)26-10-13-30-15-20(26)22(28)25-8-11-29-12-9-25;1-13-2-4-15(5-3-13)21-17-12-19-9-6-16(17)18(20-21)14-7-10-22-11-8-14;18-13-1-3-14(4-2-13)22-16-11-20-10-7-15(16)17(21-22)12-5-8-19-9-6-12;18-13-1-3-14(4-2-13)21-16-11-19-8-5-15(16)17(20-21)12-6-9-22-10-7-12/h2-7,14,20H,8-13,15H2,1H3;2-6,9,12,14H,7-8,10-11H2,1H3;1-4,7,10-12,19H,5-6,8-9H2;1-5,8,11-12H,6-7,9-10H2.